The zero-order valence-corrected chi connectivity index (χ0v) is 8.64. The largest absolute Gasteiger partial charge is 0.489 e. The van der Waals surface area contributed by atoms with E-state index in [4.69, 9.17) is 16.3 Å². The van der Waals surface area contributed by atoms with Gasteiger partial charge in [-0.2, -0.15) is 0 Å². The number of hydrogen-bond acceptors (Lipinski definition) is 2. The van der Waals surface area contributed by atoms with Crippen LogP contribution in [0.25, 0.3) is 0 Å². The van der Waals surface area contributed by atoms with Gasteiger partial charge >= 0.3 is 0 Å². The molecule has 4 heteroatoms. The Hall–Kier alpha value is -1.09. The fourth-order valence-corrected chi connectivity index (χ4v) is 1.29. The van der Waals surface area contributed by atoms with Gasteiger partial charge in [-0.15, -0.1) is 0 Å². The molecule has 0 N–H and O–H groups in total. The molecular formula is C10H10ClFO2. The maximum Gasteiger partial charge on any atom is 0.153 e. The minimum Gasteiger partial charge on any atom is -0.489 e. The second-order valence-corrected chi connectivity index (χ2v) is 3.50. The molecule has 0 aliphatic heterocycles. The van der Waals surface area contributed by atoms with Gasteiger partial charge in [-0.05, 0) is 26.0 Å². The van der Waals surface area contributed by atoms with Crippen molar-refractivity contribution in [1.82, 2.24) is 0 Å². The molecule has 0 atom stereocenters. The number of carbonyl (C=O) groups is 1. The first-order valence-electron chi connectivity index (χ1n) is 4.15. The summed E-state index contributed by atoms with van der Waals surface area (Å²) in [7, 11) is 0. The summed E-state index contributed by atoms with van der Waals surface area (Å²) in [5.74, 6) is -0.314. The molecule has 0 saturated carbocycles. The summed E-state index contributed by atoms with van der Waals surface area (Å²) in [6.45, 7) is 3.60. The van der Waals surface area contributed by atoms with Crippen LogP contribution in [-0.2, 0) is 0 Å². The Morgan fingerprint density at radius 3 is 2.64 bits per heavy atom. The van der Waals surface area contributed by atoms with Crippen LogP contribution in [0.3, 0.4) is 0 Å². The molecule has 1 aromatic carbocycles. The Bertz CT molecular complexity index is 350. The highest BCUT2D eigenvalue weighted by Gasteiger charge is 2.11. The van der Waals surface area contributed by atoms with Crippen molar-refractivity contribution >= 4 is 17.9 Å². The highest BCUT2D eigenvalue weighted by atomic mass is 35.5. The van der Waals surface area contributed by atoms with E-state index in [9.17, 15) is 9.18 Å². The first-order chi connectivity index (χ1) is 6.54. The Labute approximate surface area is 86.6 Å². The summed E-state index contributed by atoms with van der Waals surface area (Å²) >= 11 is 5.73. The topological polar surface area (TPSA) is 26.3 Å². The molecular weight excluding hydrogens is 207 g/mol. The van der Waals surface area contributed by atoms with Crippen molar-refractivity contribution < 1.29 is 13.9 Å². The maximum atomic E-state index is 12.8. The van der Waals surface area contributed by atoms with E-state index in [1.54, 1.807) is 13.8 Å². The lowest BCUT2D eigenvalue weighted by atomic mass is 10.2. The number of benzene rings is 1. The number of carbonyl (C=O) groups excluding carboxylic acids is 1. The quantitative estimate of drug-likeness (QED) is 0.726. The van der Waals surface area contributed by atoms with Crippen LogP contribution in [0.1, 0.15) is 24.2 Å². The SMILES string of the molecule is CC(C)Oc1c(Cl)cc(F)cc1C=O. The summed E-state index contributed by atoms with van der Waals surface area (Å²) in [4.78, 5) is 10.6. The summed E-state index contributed by atoms with van der Waals surface area (Å²) < 4.78 is 18.1. The monoisotopic (exact) mass is 216 g/mol. The van der Waals surface area contributed by atoms with Crippen LogP contribution in [0.4, 0.5) is 4.39 Å². The Kier molecular flexibility index (Phi) is 3.47. The lowest BCUT2D eigenvalue weighted by Crippen LogP contribution is -2.08. The van der Waals surface area contributed by atoms with Crippen molar-refractivity contribution in [3.63, 3.8) is 0 Å². The third-order valence-electron chi connectivity index (χ3n) is 1.52. The van der Waals surface area contributed by atoms with Crippen molar-refractivity contribution in [1.29, 1.82) is 0 Å². The van der Waals surface area contributed by atoms with Crippen molar-refractivity contribution in [2.24, 2.45) is 0 Å². The first-order valence-corrected chi connectivity index (χ1v) is 4.53. The third kappa shape index (κ3) is 2.45. The average Bonchev–Trinajstić information content (AvgIpc) is 2.08. The molecule has 1 rings (SSSR count). The third-order valence-corrected chi connectivity index (χ3v) is 1.80. The van der Waals surface area contributed by atoms with E-state index >= 15 is 0 Å². The van der Waals surface area contributed by atoms with Gasteiger partial charge in [-0.25, -0.2) is 4.39 Å². The van der Waals surface area contributed by atoms with Crippen molar-refractivity contribution in [2.45, 2.75) is 20.0 Å². The summed E-state index contributed by atoms with van der Waals surface area (Å²) in [6.07, 6.45) is 0.406. The summed E-state index contributed by atoms with van der Waals surface area (Å²) in [6, 6.07) is 2.21. The van der Waals surface area contributed by atoms with Crippen LogP contribution in [0.15, 0.2) is 12.1 Å². The fraction of sp³-hybridized carbons (Fsp3) is 0.300. The second-order valence-electron chi connectivity index (χ2n) is 3.09. The van der Waals surface area contributed by atoms with E-state index in [2.05, 4.69) is 0 Å². The van der Waals surface area contributed by atoms with Gasteiger partial charge in [0.25, 0.3) is 0 Å². The smallest absolute Gasteiger partial charge is 0.153 e. The molecule has 76 valence electrons. The van der Waals surface area contributed by atoms with Crippen LogP contribution in [0.2, 0.25) is 5.02 Å². The van der Waals surface area contributed by atoms with Gasteiger partial charge in [0.1, 0.15) is 11.6 Å². The molecule has 0 bridgehead atoms. The van der Waals surface area contributed by atoms with Crippen LogP contribution in [0, 0.1) is 5.82 Å². The van der Waals surface area contributed by atoms with Gasteiger partial charge in [0, 0.05) is 0 Å². The number of halogens is 2. The molecule has 14 heavy (non-hydrogen) atoms. The molecule has 0 aromatic heterocycles. The van der Waals surface area contributed by atoms with Crippen LogP contribution in [0.5, 0.6) is 5.75 Å². The van der Waals surface area contributed by atoms with Gasteiger partial charge in [0.15, 0.2) is 6.29 Å². The van der Waals surface area contributed by atoms with E-state index in [1.165, 1.54) is 0 Å². The molecule has 0 radical (unpaired) electrons. The van der Waals surface area contributed by atoms with Gasteiger partial charge in [-0.3, -0.25) is 4.79 Å². The van der Waals surface area contributed by atoms with E-state index in [0.29, 0.717) is 6.29 Å². The summed E-state index contributed by atoms with van der Waals surface area (Å²) in [5.41, 5.74) is 0.128. The second kappa shape index (κ2) is 4.42. The predicted octanol–water partition coefficient (Wildman–Crippen LogP) is 3.08. The lowest BCUT2D eigenvalue weighted by molar-refractivity contribution is 0.111. The van der Waals surface area contributed by atoms with E-state index in [-0.39, 0.29) is 22.4 Å². The molecule has 0 unspecified atom stereocenters. The number of rotatable bonds is 3. The molecule has 0 heterocycles. The highest BCUT2D eigenvalue weighted by Crippen LogP contribution is 2.29. The normalized spacial score (nSPS) is 10.4. The number of aldehydes is 1. The molecule has 2 nitrogen and oxygen atoms in total. The standard InChI is InChI=1S/C10H10ClFO2/c1-6(2)14-10-7(5-13)3-8(12)4-9(10)11/h3-6H,1-2H3. The Balaban J connectivity index is 3.18. The molecule has 0 aliphatic rings. The Morgan fingerprint density at radius 2 is 2.14 bits per heavy atom. The molecule has 0 aliphatic carbocycles. The van der Waals surface area contributed by atoms with E-state index in [0.717, 1.165) is 12.1 Å². The van der Waals surface area contributed by atoms with Crippen LogP contribution in [-0.4, -0.2) is 12.4 Å². The molecule has 0 amide bonds. The number of ether oxygens (including phenoxy) is 1. The minimum absolute atomic E-state index is 0.112. The Morgan fingerprint density at radius 1 is 1.50 bits per heavy atom. The molecule has 0 spiro atoms. The fourth-order valence-electron chi connectivity index (χ4n) is 1.03. The molecule has 0 fully saturated rings. The zero-order valence-electron chi connectivity index (χ0n) is 7.88. The van der Waals surface area contributed by atoms with E-state index < -0.39 is 5.82 Å². The van der Waals surface area contributed by atoms with Gasteiger partial charge in [0.05, 0.1) is 16.7 Å². The average molecular weight is 217 g/mol. The summed E-state index contributed by atoms with van der Waals surface area (Å²) in [5, 5.41) is 0.112. The van der Waals surface area contributed by atoms with Gasteiger partial charge < -0.3 is 4.74 Å². The zero-order chi connectivity index (χ0) is 10.7. The molecule has 1 aromatic rings. The molecule has 0 saturated heterocycles. The minimum atomic E-state index is -0.548. The van der Waals surface area contributed by atoms with E-state index in [1.807, 2.05) is 0 Å². The maximum absolute atomic E-state index is 12.8. The van der Waals surface area contributed by atoms with Crippen molar-refractivity contribution in [2.75, 3.05) is 0 Å². The van der Waals surface area contributed by atoms with Crippen LogP contribution < -0.4 is 4.74 Å². The van der Waals surface area contributed by atoms with Gasteiger partial charge in [0.2, 0.25) is 0 Å². The number of hydrogen-bond donors (Lipinski definition) is 0. The predicted molar refractivity (Wildman–Crippen MR) is 52.6 cm³/mol. The van der Waals surface area contributed by atoms with Crippen molar-refractivity contribution in [3.05, 3.63) is 28.5 Å². The van der Waals surface area contributed by atoms with Crippen LogP contribution >= 0.6 is 11.6 Å². The van der Waals surface area contributed by atoms with Crippen molar-refractivity contribution in [3.8, 4) is 5.75 Å². The lowest BCUT2D eigenvalue weighted by Gasteiger charge is -2.13. The van der Waals surface area contributed by atoms with Gasteiger partial charge in [-0.1, -0.05) is 11.6 Å². The highest BCUT2D eigenvalue weighted by molar-refractivity contribution is 6.32. The first kappa shape index (κ1) is 11.0.